The average molecular weight is 331 g/mol. The van der Waals surface area contributed by atoms with Crippen LogP contribution in [0.1, 0.15) is 30.9 Å². The lowest BCUT2D eigenvalue weighted by Crippen LogP contribution is -2.30. The van der Waals surface area contributed by atoms with E-state index < -0.39 is 0 Å². The molecule has 0 aromatic heterocycles. The number of para-hydroxylation sites is 1. The lowest BCUT2D eigenvalue weighted by molar-refractivity contribution is -0.117. The standard InChI is InChI=1S/C19H23ClN2O/c1-14(2)16-9-5-7-11-18(16)21-19(23)13-22(3)12-15-8-4-6-10-17(15)20/h4-11,14H,12-13H2,1-3H3,(H,21,23). The number of hydrogen-bond donors (Lipinski definition) is 1. The van der Waals surface area contributed by atoms with Crippen LogP contribution in [0.5, 0.6) is 0 Å². The molecular weight excluding hydrogens is 308 g/mol. The number of carbonyl (C=O) groups excluding carboxylic acids is 1. The minimum absolute atomic E-state index is 0.0207. The molecule has 4 heteroatoms. The van der Waals surface area contributed by atoms with Crippen molar-refractivity contribution in [3.8, 4) is 0 Å². The van der Waals surface area contributed by atoms with Gasteiger partial charge in [-0.3, -0.25) is 9.69 Å². The Hall–Kier alpha value is -1.84. The molecule has 0 saturated carbocycles. The molecule has 0 unspecified atom stereocenters. The minimum atomic E-state index is -0.0207. The second kappa shape index (κ2) is 8.14. The van der Waals surface area contributed by atoms with Crippen molar-refractivity contribution in [2.45, 2.75) is 26.3 Å². The number of likely N-dealkylation sites (N-methyl/N-ethyl adjacent to an activating group) is 1. The molecule has 0 saturated heterocycles. The van der Waals surface area contributed by atoms with E-state index in [9.17, 15) is 4.79 Å². The maximum Gasteiger partial charge on any atom is 0.238 e. The summed E-state index contributed by atoms with van der Waals surface area (Å²) in [6.45, 7) is 5.19. The number of rotatable bonds is 6. The quantitative estimate of drug-likeness (QED) is 0.843. The summed E-state index contributed by atoms with van der Waals surface area (Å²) in [5.41, 5.74) is 3.06. The third kappa shape index (κ3) is 5.08. The molecule has 0 fully saturated rings. The van der Waals surface area contributed by atoms with E-state index in [1.807, 2.05) is 60.5 Å². The molecule has 0 aliphatic heterocycles. The molecule has 1 N–H and O–H groups in total. The Morgan fingerprint density at radius 3 is 2.48 bits per heavy atom. The molecule has 0 radical (unpaired) electrons. The van der Waals surface area contributed by atoms with Gasteiger partial charge in [0.2, 0.25) is 5.91 Å². The molecule has 2 aromatic carbocycles. The first kappa shape index (κ1) is 17.5. The van der Waals surface area contributed by atoms with E-state index in [2.05, 4.69) is 19.2 Å². The summed E-state index contributed by atoms with van der Waals surface area (Å²) < 4.78 is 0. The van der Waals surface area contributed by atoms with Gasteiger partial charge in [-0.25, -0.2) is 0 Å². The maximum atomic E-state index is 12.3. The SMILES string of the molecule is CC(C)c1ccccc1NC(=O)CN(C)Cc1ccccc1Cl. The van der Waals surface area contributed by atoms with E-state index in [1.54, 1.807) is 0 Å². The first-order valence-corrected chi connectivity index (χ1v) is 8.16. The number of nitrogens with one attached hydrogen (secondary N) is 1. The highest BCUT2D eigenvalue weighted by Crippen LogP contribution is 2.23. The Labute approximate surface area is 143 Å². The maximum absolute atomic E-state index is 12.3. The molecule has 0 aliphatic carbocycles. The van der Waals surface area contributed by atoms with Crippen LogP contribution in [0.25, 0.3) is 0 Å². The monoisotopic (exact) mass is 330 g/mol. The van der Waals surface area contributed by atoms with Gasteiger partial charge < -0.3 is 5.32 Å². The zero-order valence-corrected chi connectivity index (χ0v) is 14.6. The number of anilines is 1. The van der Waals surface area contributed by atoms with Gasteiger partial charge in [0, 0.05) is 17.3 Å². The van der Waals surface area contributed by atoms with Crippen LogP contribution in [0.15, 0.2) is 48.5 Å². The van der Waals surface area contributed by atoms with Crippen LogP contribution in [0.4, 0.5) is 5.69 Å². The second-order valence-corrected chi connectivity index (χ2v) is 6.46. The van der Waals surface area contributed by atoms with Gasteiger partial charge in [-0.05, 0) is 36.2 Å². The van der Waals surface area contributed by atoms with E-state index in [-0.39, 0.29) is 5.91 Å². The summed E-state index contributed by atoms with van der Waals surface area (Å²) in [7, 11) is 1.91. The molecule has 0 bridgehead atoms. The van der Waals surface area contributed by atoms with Gasteiger partial charge in [0.05, 0.1) is 6.54 Å². The summed E-state index contributed by atoms with van der Waals surface area (Å²) >= 11 is 6.16. The zero-order valence-electron chi connectivity index (χ0n) is 13.8. The summed E-state index contributed by atoms with van der Waals surface area (Å²) in [6, 6.07) is 15.6. The summed E-state index contributed by atoms with van der Waals surface area (Å²) in [4.78, 5) is 14.2. The Bertz CT molecular complexity index is 670. The van der Waals surface area contributed by atoms with Crippen LogP contribution in [0.3, 0.4) is 0 Å². The van der Waals surface area contributed by atoms with E-state index in [0.717, 1.165) is 21.8 Å². The number of halogens is 1. The molecule has 1 amide bonds. The molecule has 0 atom stereocenters. The Morgan fingerprint density at radius 1 is 1.13 bits per heavy atom. The van der Waals surface area contributed by atoms with Crippen molar-refractivity contribution in [3.05, 3.63) is 64.7 Å². The van der Waals surface area contributed by atoms with Crippen LogP contribution in [-0.2, 0) is 11.3 Å². The highest BCUT2D eigenvalue weighted by atomic mass is 35.5. The molecule has 2 aromatic rings. The van der Waals surface area contributed by atoms with Gasteiger partial charge >= 0.3 is 0 Å². The fraction of sp³-hybridized carbons (Fsp3) is 0.316. The first-order valence-electron chi connectivity index (χ1n) is 7.78. The summed E-state index contributed by atoms with van der Waals surface area (Å²) in [5, 5.41) is 3.74. The molecule has 23 heavy (non-hydrogen) atoms. The van der Waals surface area contributed by atoms with Gasteiger partial charge in [0.1, 0.15) is 0 Å². The average Bonchev–Trinajstić information content (AvgIpc) is 2.49. The number of hydrogen-bond acceptors (Lipinski definition) is 2. The zero-order chi connectivity index (χ0) is 16.8. The smallest absolute Gasteiger partial charge is 0.238 e. The van der Waals surface area contributed by atoms with Gasteiger partial charge in [0.15, 0.2) is 0 Å². The van der Waals surface area contributed by atoms with Crippen LogP contribution >= 0.6 is 11.6 Å². The van der Waals surface area contributed by atoms with Gasteiger partial charge in [-0.2, -0.15) is 0 Å². The number of carbonyl (C=O) groups is 1. The molecule has 0 spiro atoms. The van der Waals surface area contributed by atoms with Gasteiger partial charge in [-0.15, -0.1) is 0 Å². The van der Waals surface area contributed by atoms with Crippen molar-refractivity contribution in [2.75, 3.05) is 18.9 Å². The first-order chi connectivity index (χ1) is 11.0. The van der Waals surface area contributed by atoms with Crippen LogP contribution in [0, 0.1) is 0 Å². The van der Waals surface area contributed by atoms with E-state index in [1.165, 1.54) is 0 Å². The van der Waals surface area contributed by atoms with Crippen molar-refractivity contribution < 1.29 is 4.79 Å². The second-order valence-electron chi connectivity index (χ2n) is 6.05. The minimum Gasteiger partial charge on any atom is -0.325 e. The van der Waals surface area contributed by atoms with E-state index in [0.29, 0.717) is 19.0 Å². The molecule has 0 aliphatic rings. The third-order valence-corrected chi connectivity index (χ3v) is 4.04. The fourth-order valence-corrected chi connectivity index (χ4v) is 2.72. The predicted octanol–water partition coefficient (Wildman–Crippen LogP) is 4.53. The van der Waals surface area contributed by atoms with E-state index in [4.69, 9.17) is 11.6 Å². The molecule has 2 rings (SSSR count). The Kier molecular flexibility index (Phi) is 6.20. The van der Waals surface area contributed by atoms with Crippen molar-refractivity contribution in [3.63, 3.8) is 0 Å². The number of nitrogens with zero attached hydrogens (tertiary/aromatic N) is 1. The van der Waals surface area contributed by atoms with E-state index >= 15 is 0 Å². The Balaban J connectivity index is 1.96. The highest BCUT2D eigenvalue weighted by molar-refractivity contribution is 6.31. The van der Waals surface area contributed by atoms with Crippen LogP contribution in [0.2, 0.25) is 5.02 Å². The van der Waals surface area contributed by atoms with Crippen molar-refractivity contribution in [2.24, 2.45) is 0 Å². The number of amides is 1. The lowest BCUT2D eigenvalue weighted by Gasteiger charge is -2.18. The lowest BCUT2D eigenvalue weighted by atomic mass is 10.0. The molecule has 122 valence electrons. The Morgan fingerprint density at radius 2 is 1.78 bits per heavy atom. The molecule has 0 heterocycles. The summed E-state index contributed by atoms with van der Waals surface area (Å²) in [5.74, 6) is 0.347. The highest BCUT2D eigenvalue weighted by Gasteiger charge is 2.12. The predicted molar refractivity (Wildman–Crippen MR) is 96.9 cm³/mol. The van der Waals surface area contributed by atoms with Gasteiger partial charge in [-0.1, -0.05) is 61.8 Å². The van der Waals surface area contributed by atoms with Crippen molar-refractivity contribution >= 4 is 23.2 Å². The molecular formula is C19H23ClN2O. The number of benzene rings is 2. The fourth-order valence-electron chi connectivity index (χ4n) is 2.52. The summed E-state index contributed by atoms with van der Waals surface area (Å²) in [6.07, 6.45) is 0. The van der Waals surface area contributed by atoms with Crippen molar-refractivity contribution in [1.29, 1.82) is 0 Å². The topological polar surface area (TPSA) is 32.3 Å². The van der Waals surface area contributed by atoms with Crippen LogP contribution in [-0.4, -0.2) is 24.4 Å². The van der Waals surface area contributed by atoms with Gasteiger partial charge in [0.25, 0.3) is 0 Å². The van der Waals surface area contributed by atoms with Crippen LogP contribution < -0.4 is 5.32 Å². The normalized spacial score (nSPS) is 11.0. The molecule has 3 nitrogen and oxygen atoms in total. The largest absolute Gasteiger partial charge is 0.325 e. The van der Waals surface area contributed by atoms with Crippen molar-refractivity contribution in [1.82, 2.24) is 4.90 Å². The third-order valence-electron chi connectivity index (χ3n) is 3.67.